The lowest BCUT2D eigenvalue weighted by molar-refractivity contribution is -0.0773. The summed E-state index contributed by atoms with van der Waals surface area (Å²) in [4.78, 5) is 13.6. The van der Waals surface area contributed by atoms with Crippen LogP contribution in [0.25, 0.3) is 0 Å². The van der Waals surface area contributed by atoms with E-state index >= 15 is 0 Å². The Balaban J connectivity index is 2.81. The fourth-order valence-electron chi connectivity index (χ4n) is 2.26. The molecule has 2 atom stereocenters. The van der Waals surface area contributed by atoms with Crippen molar-refractivity contribution in [1.82, 2.24) is 9.62 Å². The molecule has 0 aromatic carbocycles. The van der Waals surface area contributed by atoms with Gasteiger partial charge >= 0.3 is 16.4 Å². The molecular formula is C13H23Cl3N2O6S. The van der Waals surface area contributed by atoms with E-state index in [0.29, 0.717) is 19.4 Å². The van der Waals surface area contributed by atoms with E-state index in [0.717, 1.165) is 0 Å². The minimum Gasteiger partial charge on any atom is -0.444 e. The molecule has 12 heteroatoms. The van der Waals surface area contributed by atoms with Gasteiger partial charge in [0, 0.05) is 13.7 Å². The van der Waals surface area contributed by atoms with E-state index in [1.54, 1.807) is 20.8 Å². The van der Waals surface area contributed by atoms with Crippen molar-refractivity contribution in [3.63, 3.8) is 0 Å². The van der Waals surface area contributed by atoms with E-state index in [4.69, 9.17) is 44.3 Å². The topological polar surface area (TPSA) is 94.2 Å². The van der Waals surface area contributed by atoms with Crippen LogP contribution in [0.1, 0.15) is 33.6 Å². The third kappa shape index (κ3) is 8.47. The predicted octanol–water partition coefficient (Wildman–Crippen LogP) is 2.58. The minimum atomic E-state index is -4.20. The van der Waals surface area contributed by atoms with Gasteiger partial charge in [0.25, 0.3) is 0 Å². The van der Waals surface area contributed by atoms with Crippen LogP contribution in [0.4, 0.5) is 4.79 Å². The number of nitrogens with zero attached hydrogens (tertiary/aromatic N) is 1. The number of amides is 1. The summed E-state index contributed by atoms with van der Waals surface area (Å²) in [6.45, 7) is 4.94. The predicted molar refractivity (Wildman–Crippen MR) is 95.1 cm³/mol. The number of hydrogen-bond acceptors (Lipinski definition) is 6. The zero-order valence-electron chi connectivity index (χ0n) is 14.4. The van der Waals surface area contributed by atoms with Gasteiger partial charge in [0.1, 0.15) is 12.2 Å². The van der Waals surface area contributed by atoms with Gasteiger partial charge in [-0.1, -0.05) is 34.8 Å². The molecular weight excluding hydrogens is 419 g/mol. The smallest absolute Gasteiger partial charge is 0.412 e. The Morgan fingerprint density at radius 3 is 2.36 bits per heavy atom. The molecule has 0 saturated carbocycles. The Morgan fingerprint density at radius 2 is 1.88 bits per heavy atom. The number of likely N-dealkylation sites (tertiary alicyclic amines) is 1. The molecule has 1 aliphatic rings. The SMILES string of the molecule is COC1C(NS(=O)(=O)OCC(Cl)(Cl)Cl)CCCN1C(=O)OC(C)(C)C. The molecule has 0 aliphatic carbocycles. The average Bonchev–Trinajstić information content (AvgIpc) is 2.42. The second kappa shape index (κ2) is 8.77. The van der Waals surface area contributed by atoms with Gasteiger partial charge in [-0.15, -0.1) is 0 Å². The molecule has 8 nitrogen and oxygen atoms in total. The Bertz CT molecular complexity index is 561. The number of alkyl halides is 3. The lowest BCUT2D eigenvalue weighted by Gasteiger charge is -2.40. The molecule has 1 fully saturated rings. The summed E-state index contributed by atoms with van der Waals surface area (Å²) in [7, 11) is -2.83. The van der Waals surface area contributed by atoms with E-state index in [-0.39, 0.29) is 0 Å². The number of rotatable bonds is 5. The molecule has 2 unspecified atom stereocenters. The zero-order chi connectivity index (χ0) is 19.5. The highest BCUT2D eigenvalue weighted by Crippen LogP contribution is 2.27. The molecule has 0 aromatic heterocycles. The number of hydrogen-bond donors (Lipinski definition) is 1. The molecule has 1 rings (SSSR count). The fourth-order valence-corrected chi connectivity index (χ4v) is 3.62. The quantitative estimate of drug-likeness (QED) is 0.659. The Morgan fingerprint density at radius 1 is 1.28 bits per heavy atom. The summed E-state index contributed by atoms with van der Waals surface area (Å²) >= 11 is 16.5. The Kier molecular flexibility index (Phi) is 8.07. The largest absolute Gasteiger partial charge is 0.444 e. The summed E-state index contributed by atoms with van der Waals surface area (Å²) < 4.78 is 39.7. The monoisotopic (exact) mass is 440 g/mol. The van der Waals surface area contributed by atoms with Crippen molar-refractivity contribution in [3.05, 3.63) is 0 Å². The van der Waals surface area contributed by atoms with Crippen molar-refractivity contribution in [2.45, 2.75) is 55.3 Å². The van der Waals surface area contributed by atoms with Gasteiger partial charge in [0.2, 0.25) is 3.79 Å². The van der Waals surface area contributed by atoms with Crippen LogP contribution in [-0.4, -0.2) is 61.3 Å². The molecule has 1 N–H and O–H groups in total. The molecule has 1 heterocycles. The molecule has 0 radical (unpaired) electrons. The number of ether oxygens (including phenoxy) is 2. The maximum Gasteiger partial charge on any atom is 0.412 e. The van der Waals surface area contributed by atoms with Crippen molar-refractivity contribution in [2.24, 2.45) is 0 Å². The zero-order valence-corrected chi connectivity index (χ0v) is 17.5. The third-order valence-electron chi connectivity index (χ3n) is 3.11. The second-order valence-corrected chi connectivity index (χ2v) is 10.4. The van der Waals surface area contributed by atoms with Crippen molar-refractivity contribution in [2.75, 3.05) is 20.3 Å². The first-order valence-corrected chi connectivity index (χ1v) is 10.0. The van der Waals surface area contributed by atoms with Gasteiger partial charge in [0.15, 0.2) is 6.23 Å². The first-order chi connectivity index (χ1) is 11.2. The maximum atomic E-state index is 12.3. The number of carbonyl (C=O) groups is 1. The second-order valence-electron chi connectivity index (χ2n) is 6.50. The number of nitrogens with one attached hydrogen (secondary N) is 1. The third-order valence-corrected chi connectivity index (χ3v) is 4.46. The molecule has 0 spiro atoms. The van der Waals surface area contributed by atoms with Crippen LogP contribution in [0, 0.1) is 0 Å². The first-order valence-electron chi connectivity index (χ1n) is 7.50. The summed E-state index contributed by atoms with van der Waals surface area (Å²) in [5, 5.41) is 0. The Labute approximate surface area is 163 Å². The molecule has 25 heavy (non-hydrogen) atoms. The van der Waals surface area contributed by atoms with Gasteiger partial charge in [-0.25, -0.2) is 4.79 Å². The van der Waals surface area contributed by atoms with E-state index in [1.807, 2.05) is 0 Å². The van der Waals surface area contributed by atoms with Gasteiger partial charge in [-0.05, 0) is 33.6 Å². The van der Waals surface area contributed by atoms with Crippen LogP contribution in [0.5, 0.6) is 0 Å². The highest BCUT2D eigenvalue weighted by atomic mass is 35.6. The molecule has 1 saturated heterocycles. The number of carbonyl (C=O) groups excluding carboxylic acids is 1. The van der Waals surface area contributed by atoms with Crippen molar-refractivity contribution in [3.8, 4) is 0 Å². The molecule has 148 valence electrons. The summed E-state index contributed by atoms with van der Waals surface area (Å²) in [5.41, 5.74) is -0.685. The average molecular weight is 442 g/mol. The molecule has 1 aliphatic heterocycles. The van der Waals surface area contributed by atoms with Crippen LogP contribution in [0.3, 0.4) is 0 Å². The number of halogens is 3. The van der Waals surface area contributed by atoms with E-state index in [1.165, 1.54) is 12.0 Å². The normalized spacial score (nSPS) is 22.8. The van der Waals surface area contributed by atoms with Crippen LogP contribution in [0.2, 0.25) is 0 Å². The Hall–Kier alpha value is -0.0300. The summed E-state index contributed by atoms with van der Waals surface area (Å²) in [6, 6.07) is -0.730. The minimum absolute atomic E-state index is 0.376. The lowest BCUT2D eigenvalue weighted by Crippen LogP contribution is -2.58. The van der Waals surface area contributed by atoms with Gasteiger partial charge in [-0.3, -0.25) is 9.08 Å². The first kappa shape index (κ1) is 23.0. The van der Waals surface area contributed by atoms with Crippen molar-refractivity contribution in [1.29, 1.82) is 0 Å². The fraction of sp³-hybridized carbons (Fsp3) is 0.923. The summed E-state index contributed by atoms with van der Waals surface area (Å²) in [6.07, 6.45) is -0.453. The number of piperidine rings is 1. The number of methoxy groups -OCH3 is 1. The van der Waals surface area contributed by atoms with Gasteiger partial charge in [-0.2, -0.15) is 13.1 Å². The van der Waals surface area contributed by atoms with Crippen LogP contribution in [-0.2, 0) is 24.0 Å². The van der Waals surface area contributed by atoms with Crippen molar-refractivity contribution >= 4 is 51.2 Å². The van der Waals surface area contributed by atoms with Gasteiger partial charge in [0.05, 0.1) is 6.04 Å². The van der Waals surface area contributed by atoms with Crippen molar-refractivity contribution < 1.29 is 26.9 Å². The maximum absolute atomic E-state index is 12.3. The highest BCUT2D eigenvalue weighted by molar-refractivity contribution is 7.84. The highest BCUT2D eigenvalue weighted by Gasteiger charge is 2.39. The molecule has 0 aromatic rings. The molecule has 0 bridgehead atoms. The van der Waals surface area contributed by atoms with E-state index in [2.05, 4.69) is 8.91 Å². The van der Waals surface area contributed by atoms with E-state index in [9.17, 15) is 13.2 Å². The standard InChI is InChI=1S/C13H23Cl3N2O6S/c1-12(2,3)24-11(19)18-7-5-6-9(10(18)22-4)17-25(20,21)23-8-13(14,15)16/h9-10,17H,5-8H2,1-4H3. The van der Waals surface area contributed by atoms with Gasteiger partial charge < -0.3 is 9.47 Å². The molecule has 1 amide bonds. The summed E-state index contributed by atoms with van der Waals surface area (Å²) in [5.74, 6) is 0. The van der Waals surface area contributed by atoms with Crippen LogP contribution in [0.15, 0.2) is 0 Å². The lowest BCUT2D eigenvalue weighted by atomic mass is 10.1. The van der Waals surface area contributed by atoms with Crippen LogP contribution < -0.4 is 4.72 Å². The van der Waals surface area contributed by atoms with E-state index < -0.39 is 44.7 Å². The van der Waals surface area contributed by atoms with Crippen LogP contribution >= 0.6 is 34.8 Å².